The number of H-pyrrole nitrogens is 1. The molecule has 1 aliphatic rings. The molecule has 1 amide bonds. The first-order chi connectivity index (χ1) is 15.4. The van der Waals surface area contributed by atoms with Gasteiger partial charge in [0.25, 0.3) is 5.56 Å². The second kappa shape index (κ2) is 8.54. The normalized spacial score (nSPS) is 15.5. The summed E-state index contributed by atoms with van der Waals surface area (Å²) >= 11 is 0. The number of ether oxygens (including phenoxy) is 1. The predicted molar refractivity (Wildman–Crippen MR) is 118 cm³/mol. The van der Waals surface area contributed by atoms with Gasteiger partial charge in [-0.25, -0.2) is 9.80 Å². The Labute approximate surface area is 183 Å². The third-order valence-electron chi connectivity index (χ3n) is 5.37. The van der Waals surface area contributed by atoms with Gasteiger partial charge in [0.05, 0.1) is 25.4 Å². The lowest BCUT2D eigenvalue weighted by Gasteiger charge is -2.22. The lowest BCUT2D eigenvalue weighted by Crippen LogP contribution is -2.34. The van der Waals surface area contributed by atoms with E-state index in [0.29, 0.717) is 5.75 Å². The van der Waals surface area contributed by atoms with E-state index in [4.69, 9.17) is 4.74 Å². The van der Waals surface area contributed by atoms with E-state index in [1.54, 1.807) is 18.2 Å². The molecule has 0 spiro atoms. The number of amides is 1. The molecule has 0 aliphatic carbocycles. The first kappa shape index (κ1) is 21.1. The van der Waals surface area contributed by atoms with E-state index < -0.39 is 23.2 Å². The second-order valence-electron chi connectivity index (χ2n) is 7.40. The molecule has 2 heterocycles. The Morgan fingerprint density at radius 1 is 1.16 bits per heavy atom. The Hall–Kier alpha value is -4.14. The number of benzene rings is 2. The summed E-state index contributed by atoms with van der Waals surface area (Å²) in [6.45, 7) is 1.43. The fraction of sp³-hybridized carbons (Fsp3) is 0.217. The highest BCUT2D eigenvalue weighted by atomic mass is 16.5. The van der Waals surface area contributed by atoms with Crippen molar-refractivity contribution in [2.75, 3.05) is 7.11 Å². The molecule has 0 saturated heterocycles. The van der Waals surface area contributed by atoms with Crippen LogP contribution in [0.2, 0.25) is 0 Å². The predicted octanol–water partition coefficient (Wildman–Crippen LogP) is 2.00. The number of rotatable bonds is 5. The minimum absolute atomic E-state index is 0.0644. The van der Waals surface area contributed by atoms with Crippen molar-refractivity contribution in [1.82, 2.24) is 14.6 Å². The number of carbonyl (C=O) groups excluding carboxylic acids is 1. The summed E-state index contributed by atoms with van der Waals surface area (Å²) in [5.74, 6) is -0.248. The van der Waals surface area contributed by atoms with Gasteiger partial charge < -0.3 is 9.84 Å². The first-order valence-corrected chi connectivity index (χ1v) is 10.0. The van der Waals surface area contributed by atoms with Gasteiger partial charge in [-0.2, -0.15) is 5.10 Å². The Balaban J connectivity index is 1.79. The van der Waals surface area contributed by atoms with Crippen LogP contribution in [0, 0.1) is 0 Å². The number of carbonyl (C=O) groups is 1. The fourth-order valence-corrected chi connectivity index (χ4v) is 3.87. The number of aromatic hydroxyl groups is 1. The minimum atomic E-state index is -0.764. The topological polar surface area (TPSA) is 117 Å². The third kappa shape index (κ3) is 3.80. The van der Waals surface area contributed by atoms with Gasteiger partial charge in [0, 0.05) is 18.9 Å². The quantitative estimate of drug-likeness (QED) is 0.637. The summed E-state index contributed by atoms with van der Waals surface area (Å²) in [5, 5.41) is 16.5. The zero-order valence-electron chi connectivity index (χ0n) is 17.6. The van der Waals surface area contributed by atoms with Crippen LogP contribution < -0.4 is 16.0 Å². The largest absolute Gasteiger partial charge is 0.496 e. The number of aromatic nitrogens is 2. The maximum Gasteiger partial charge on any atom is 0.331 e. The van der Waals surface area contributed by atoms with Crippen molar-refractivity contribution in [2.24, 2.45) is 5.10 Å². The summed E-state index contributed by atoms with van der Waals surface area (Å²) in [7, 11) is 1.53. The maximum atomic E-state index is 12.7. The van der Waals surface area contributed by atoms with Crippen LogP contribution in [0.5, 0.6) is 11.6 Å². The Morgan fingerprint density at radius 3 is 2.53 bits per heavy atom. The maximum absolute atomic E-state index is 12.7. The molecular formula is C23H22N4O5. The lowest BCUT2D eigenvalue weighted by molar-refractivity contribution is -0.130. The van der Waals surface area contributed by atoms with Crippen LogP contribution in [0.25, 0.3) is 0 Å². The van der Waals surface area contributed by atoms with Crippen LogP contribution in [0.4, 0.5) is 0 Å². The summed E-state index contributed by atoms with van der Waals surface area (Å²) < 4.78 is 6.50. The van der Waals surface area contributed by atoms with Crippen molar-refractivity contribution in [2.45, 2.75) is 25.9 Å². The molecule has 2 aromatic carbocycles. The van der Waals surface area contributed by atoms with Gasteiger partial charge in [0.1, 0.15) is 11.3 Å². The monoisotopic (exact) mass is 434 g/mol. The van der Waals surface area contributed by atoms with E-state index in [1.807, 2.05) is 36.4 Å². The van der Waals surface area contributed by atoms with Crippen LogP contribution in [0.3, 0.4) is 0 Å². The molecule has 4 rings (SSSR count). The summed E-state index contributed by atoms with van der Waals surface area (Å²) in [4.78, 5) is 39.6. The molecule has 1 aliphatic heterocycles. The summed E-state index contributed by atoms with van der Waals surface area (Å²) in [6, 6.07) is 15.8. The molecule has 32 heavy (non-hydrogen) atoms. The molecule has 0 saturated carbocycles. The van der Waals surface area contributed by atoms with Crippen LogP contribution >= 0.6 is 0 Å². The number of hydrazone groups is 1. The minimum Gasteiger partial charge on any atom is -0.496 e. The average molecular weight is 434 g/mol. The van der Waals surface area contributed by atoms with Gasteiger partial charge in [-0.05, 0) is 11.6 Å². The molecule has 0 radical (unpaired) electrons. The Morgan fingerprint density at radius 2 is 1.84 bits per heavy atom. The number of nitrogens with zero attached hydrogens (tertiary/aromatic N) is 3. The van der Waals surface area contributed by atoms with Gasteiger partial charge >= 0.3 is 5.69 Å². The van der Waals surface area contributed by atoms with Gasteiger partial charge in [-0.3, -0.25) is 19.1 Å². The number of nitrogens with one attached hydrogen (secondary N) is 1. The van der Waals surface area contributed by atoms with Crippen LogP contribution in [-0.2, 0) is 11.3 Å². The van der Waals surface area contributed by atoms with Crippen LogP contribution in [-0.4, -0.2) is 38.4 Å². The van der Waals surface area contributed by atoms with Crippen molar-refractivity contribution in [3.63, 3.8) is 0 Å². The third-order valence-corrected chi connectivity index (χ3v) is 5.37. The smallest absolute Gasteiger partial charge is 0.331 e. The highest BCUT2D eigenvalue weighted by Crippen LogP contribution is 2.37. The highest BCUT2D eigenvalue weighted by Gasteiger charge is 2.35. The zero-order valence-corrected chi connectivity index (χ0v) is 17.6. The van der Waals surface area contributed by atoms with Gasteiger partial charge in [0.2, 0.25) is 11.8 Å². The van der Waals surface area contributed by atoms with E-state index >= 15 is 0 Å². The van der Waals surface area contributed by atoms with Gasteiger partial charge in [-0.1, -0.05) is 48.5 Å². The molecule has 0 bridgehead atoms. The molecule has 2 N–H and O–H groups in total. The van der Waals surface area contributed by atoms with E-state index in [9.17, 15) is 19.5 Å². The zero-order chi connectivity index (χ0) is 22.8. The highest BCUT2D eigenvalue weighted by molar-refractivity contribution is 6.04. The van der Waals surface area contributed by atoms with Crippen molar-refractivity contribution in [3.8, 4) is 11.6 Å². The Bertz CT molecular complexity index is 1310. The molecule has 1 atom stereocenters. The molecular weight excluding hydrogens is 412 g/mol. The number of methoxy groups -OCH3 is 1. The summed E-state index contributed by atoms with van der Waals surface area (Å²) in [6.07, 6.45) is 0.167. The number of hydrogen-bond acceptors (Lipinski definition) is 6. The van der Waals surface area contributed by atoms with Crippen LogP contribution in [0.15, 0.2) is 69.3 Å². The average Bonchev–Trinajstić information content (AvgIpc) is 3.22. The van der Waals surface area contributed by atoms with Crippen molar-refractivity contribution < 1.29 is 14.6 Å². The molecule has 0 fully saturated rings. The molecule has 3 aromatic rings. The van der Waals surface area contributed by atoms with E-state index in [0.717, 1.165) is 15.7 Å². The fourth-order valence-electron chi connectivity index (χ4n) is 3.87. The first-order valence-electron chi connectivity index (χ1n) is 10.0. The number of para-hydroxylation sites is 1. The molecule has 164 valence electrons. The second-order valence-corrected chi connectivity index (χ2v) is 7.40. The number of hydrogen-bond donors (Lipinski definition) is 2. The summed E-state index contributed by atoms with van der Waals surface area (Å²) in [5.41, 5.74) is 0.0648. The molecule has 1 aromatic heterocycles. The van der Waals surface area contributed by atoms with E-state index in [2.05, 4.69) is 10.1 Å². The van der Waals surface area contributed by atoms with Crippen molar-refractivity contribution >= 4 is 11.6 Å². The standard InChI is InChI=1S/C23H22N4O5/c1-14(28)27-18(16-10-6-7-11-19(16)32-2)12-17(25-27)20-21(29)24-23(31)26(22(20)30)13-15-8-4-3-5-9-15/h3-11,18,30H,12-13H2,1-2H3,(H,24,29,31)/t18-/m1/s1. The van der Waals surface area contributed by atoms with Gasteiger partial charge in [-0.15, -0.1) is 0 Å². The van der Waals surface area contributed by atoms with Crippen molar-refractivity contribution in [3.05, 3.63) is 92.1 Å². The molecule has 0 unspecified atom stereocenters. The molecule has 9 heteroatoms. The van der Waals surface area contributed by atoms with Crippen molar-refractivity contribution in [1.29, 1.82) is 0 Å². The SMILES string of the molecule is COc1ccccc1[C@H]1CC(c2c(O)n(Cc3ccccc3)c(=O)[nH]c2=O)=NN1C(C)=O. The van der Waals surface area contributed by atoms with E-state index in [-0.39, 0.29) is 30.1 Å². The molecule has 9 nitrogen and oxygen atoms in total. The van der Waals surface area contributed by atoms with E-state index in [1.165, 1.54) is 19.0 Å². The Kier molecular flexibility index (Phi) is 5.63. The number of aromatic amines is 1. The van der Waals surface area contributed by atoms with Crippen LogP contribution in [0.1, 0.15) is 36.1 Å². The van der Waals surface area contributed by atoms with Gasteiger partial charge in [0.15, 0.2) is 0 Å². The lowest BCUT2D eigenvalue weighted by atomic mass is 9.98.